The van der Waals surface area contributed by atoms with Gasteiger partial charge in [0.1, 0.15) is 5.69 Å². The number of nitrogens with one attached hydrogen (secondary N) is 1. The van der Waals surface area contributed by atoms with Crippen molar-refractivity contribution in [2.45, 2.75) is 0 Å². The summed E-state index contributed by atoms with van der Waals surface area (Å²) in [5.74, 6) is 0. The van der Waals surface area contributed by atoms with Gasteiger partial charge in [0.25, 0.3) is 0 Å². The quantitative estimate of drug-likeness (QED) is 0.253. The Hall–Kier alpha value is -2.27. The summed E-state index contributed by atoms with van der Waals surface area (Å²) in [5, 5.41) is 12.6. The molecule has 0 atom stereocenters. The van der Waals surface area contributed by atoms with Gasteiger partial charge >= 0.3 is 0 Å². The van der Waals surface area contributed by atoms with Crippen LogP contribution in [0.4, 0.5) is 11.4 Å². The van der Waals surface area contributed by atoms with E-state index in [1.807, 2.05) is 5.43 Å². The third-order valence-electron chi connectivity index (χ3n) is 1.27. The Morgan fingerprint density at radius 3 is 2.85 bits per heavy atom. The maximum atomic E-state index is 10.1. The number of nitro groups is 1. The normalized spacial score (nSPS) is 8.62. The molecule has 1 aromatic rings. The molecule has 0 spiro atoms. The van der Waals surface area contributed by atoms with Gasteiger partial charge in [-0.2, -0.15) is 0 Å². The van der Waals surface area contributed by atoms with E-state index >= 15 is 0 Å². The summed E-state index contributed by atoms with van der Waals surface area (Å²) in [7, 11) is 0. The maximum absolute atomic E-state index is 10.1. The molecule has 0 saturated heterocycles. The van der Waals surface area contributed by atoms with Gasteiger partial charge in [-0.1, -0.05) is 23.3 Å². The van der Waals surface area contributed by atoms with E-state index in [0.717, 1.165) is 0 Å². The number of nitrogens with zero attached hydrogens (tertiary/aromatic N) is 4. The van der Waals surface area contributed by atoms with E-state index in [1.165, 1.54) is 12.1 Å². The Balaban J connectivity index is 3.04. The smallest absolute Gasteiger partial charge is 0.162 e. The Morgan fingerprint density at radius 1 is 1.54 bits per heavy atom. The van der Waals surface area contributed by atoms with Crippen LogP contribution in [0.1, 0.15) is 0 Å². The second-order valence-corrected chi connectivity index (χ2v) is 2.08. The molecule has 0 fully saturated rings. The summed E-state index contributed by atoms with van der Waals surface area (Å²) in [6, 6.07) is 6.15. The third kappa shape index (κ3) is 2.35. The molecule has 1 rings (SSSR count). The van der Waals surface area contributed by atoms with Gasteiger partial charge in [0.2, 0.25) is 0 Å². The molecule has 0 amide bonds. The Morgan fingerprint density at radius 2 is 2.23 bits per heavy atom. The van der Waals surface area contributed by atoms with Crippen LogP contribution in [0.25, 0.3) is 10.4 Å². The number of para-hydroxylation sites is 1. The van der Waals surface area contributed by atoms with E-state index in [9.17, 15) is 10.1 Å². The summed E-state index contributed by atoms with van der Waals surface area (Å²) in [5.41, 5.74) is 10.4. The zero-order chi connectivity index (χ0) is 9.68. The molecule has 0 radical (unpaired) electrons. The van der Waals surface area contributed by atoms with Crippen molar-refractivity contribution in [3.8, 4) is 0 Å². The van der Waals surface area contributed by atoms with Crippen LogP contribution < -0.4 is 5.43 Å². The van der Waals surface area contributed by atoms with Crippen LogP contribution in [0, 0.1) is 10.1 Å². The first kappa shape index (κ1) is 8.82. The molecule has 7 heteroatoms. The molecule has 0 unspecified atom stereocenters. The maximum Gasteiger partial charge on any atom is 0.162 e. The number of anilines is 1. The first-order valence-electron chi connectivity index (χ1n) is 3.29. The van der Waals surface area contributed by atoms with E-state index < -0.39 is 5.03 Å². The van der Waals surface area contributed by atoms with Crippen molar-refractivity contribution in [3.05, 3.63) is 44.8 Å². The zero-order valence-corrected chi connectivity index (χ0v) is 6.41. The molecule has 0 saturated carbocycles. The highest BCUT2D eigenvalue weighted by molar-refractivity contribution is 5.63. The lowest BCUT2D eigenvalue weighted by atomic mass is 10.3. The summed E-state index contributed by atoms with van der Waals surface area (Å²) < 4.78 is 0. The van der Waals surface area contributed by atoms with Crippen molar-refractivity contribution < 1.29 is 5.03 Å². The van der Waals surface area contributed by atoms with Crippen LogP contribution in [0.15, 0.2) is 29.4 Å². The van der Waals surface area contributed by atoms with Crippen LogP contribution in [-0.4, -0.2) is 5.03 Å². The first-order valence-corrected chi connectivity index (χ1v) is 3.29. The SMILES string of the molecule is [N-]=[N+]=Nc1ccccc1N[N+](=O)[O-]. The molecule has 13 heavy (non-hydrogen) atoms. The van der Waals surface area contributed by atoms with Gasteiger partial charge in [-0.05, 0) is 11.6 Å². The Bertz CT molecular complexity index is 371. The van der Waals surface area contributed by atoms with Gasteiger partial charge in [-0.25, -0.2) is 10.1 Å². The number of hydrogen-bond donors (Lipinski definition) is 1. The number of hydrogen-bond acceptors (Lipinski definition) is 3. The molecule has 0 heterocycles. The van der Waals surface area contributed by atoms with Crippen LogP contribution in [0.2, 0.25) is 0 Å². The fourth-order valence-corrected chi connectivity index (χ4v) is 0.802. The van der Waals surface area contributed by atoms with Gasteiger partial charge in [-0.3, -0.25) is 0 Å². The van der Waals surface area contributed by atoms with Crippen molar-refractivity contribution in [1.29, 1.82) is 0 Å². The minimum atomic E-state index is -0.717. The number of hydrazine groups is 1. The minimum absolute atomic E-state index is 0.172. The molecule has 7 nitrogen and oxygen atoms in total. The van der Waals surface area contributed by atoms with E-state index in [0.29, 0.717) is 0 Å². The van der Waals surface area contributed by atoms with Gasteiger partial charge in [0.15, 0.2) is 5.03 Å². The number of azide groups is 1. The molecular weight excluding hydrogens is 174 g/mol. The second-order valence-electron chi connectivity index (χ2n) is 2.08. The van der Waals surface area contributed by atoms with Gasteiger partial charge in [0, 0.05) is 4.91 Å². The lowest BCUT2D eigenvalue weighted by Gasteiger charge is -1.99. The first-order chi connectivity index (χ1) is 6.24. The predicted molar refractivity (Wildman–Crippen MR) is 45.9 cm³/mol. The monoisotopic (exact) mass is 179 g/mol. The lowest BCUT2D eigenvalue weighted by Crippen LogP contribution is -2.07. The van der Waals surface area contributed by atoms with E-state index in [4.69, 9.17) is 5.53 Å². The average molecular weight is 179 g/mol. The van der Waals surface area contributed by atoms with Crippen molar-refractivity contribution in [2.75, 3.05) is 5.43 Å². The van der Waals surface area contributed by atoms with E-state index in [2.05, 4.69) is 10.0 Å². The van der Waals surface area contributed by atoms with Crippen molar-refractivity contribution in [3.63, 3.8) is 0 Å². The largest absolute Gasteiger partial charge is 0.235 e. The van der Waals surface area contributed by atoms with Crippen LogP contribution in [-0.2, 0) is 0 Å². The topological polar surface area (TPSA) is 104 Å². The summed E-state index contributed by atoms with van der Waals surface area (Å²) in [4.78, 5) is 12.6. The molecule has 66 valence electrons. The molecular formula is C6H5N5O2. The molecule has 1 aromatic carbocycles. The Labute approximate surface area is 72.7 Å². The van der Waals surface area contributed by atoms with Crippen LogP contribution in [0.5, 0.6) is 0 Å². The second kappa shape index (κ2) is 3.93. The summed E-state index contributed by atoms with van der Waals surface area (Å²) >= 11 is 0. The lowest BCUT2D eigenvalue weighted by molar-refractivity contribution is -0.445. The Kier molecular flexibility index (Phi) is 2.67. The highest BCUT2D eigenvalue weighted by Gasteiger charge is 2.03. The van der Waals surface area contributed by atoms with Gasteiger partial charge in [-0.15, -0.1) is 5.43 Å². The van der Waals surface area contributed by atoms with Crippen molar-refractivity contribution in [2.24, 2.45) is 5.11 Å². The van der Waals surface area contributed by atoms with Crippen molar-refractivity contribution in [1.82, 2.24) is 0 Å². The third-order valence-corrected chi connectivity index (χ3v) is 1.27. The van der Waals surface area contributed by atoms with Crippen LogP contribution >= 0.6 is 0 Å². The standard InChI is InChI=1S/C6H5N5O2/c7-10-8-5-3-1-2-4-6(5)9-11(12)13/h1-4,9H. The van der Waals surface area contributed by atoms with E-state index in [-0.39, 0.29) is 11.4 Å². The zero-order valence-electron chi connectivity index (χ0n) is 6.41. The summed E-state index contributed by atoms with van der Waals surface area (Å²) in [6.07, 6.45) is 0. The molecule has 1 N–H and O–H groups in total. The number of benzene rings is 1. The molecule has 0 aliphatic heterocycles. The fraction of sp³-hybridized carbons (Fsp3) is 0. The summed E-state index contributed by atoms with van der Waals surface area (Å²) in [6.45, 7) is 0. The average Bonchev–Trinajstić information content (AvgIpc) is 2.08. The minimum Gasteiger partial charge on any atom is -0.235 e. The molecule has 0 aromatic heterocycles. The van der Waals surface area contributed by atoms with Crippen LogP contribution in [0.3, 0.4) is 0 Å². The van der Waals surface area contributed by atoms with Gasteiger partial charge in [0.05, 0.1) is 5.69 Å². The number of rotatable bonds is 3. The molecule has 0 aliphatic carbocycles. The molecule has 0 bridgehead atoms. The van der Waals surface area contributed by atoms with Gasteiger partial charge < -0.3 is 0 Å². The predicted octanol–water partition coefficient (Wildman–Crippen LogP) is 2.23. The highest BCUT2D eigenvalue weighted by Crippen LogP contribution is 2.23. The van der Waals surface area contributed by atoms with E-state index in [1.54, 1.807) is 12.1 Å². The molecule has 0 aliphatic rings. The fourth-order valence-electron chi connectivity index (χ4n) is 0.802. The highest BCUT2D eigenvalue weighted by atomic mass is 16.7. The van der Waals surface area contributed by atoms with Crippen molar-refractivity contribution >= 4 is 11.4 Å².